The number of nitrogens with zero attached hydrogens (tertiary/aromatic N) is 5. The number of hydrogen-bond donors (Lipinski definition) is 0. The molecule has 1 aliphatic heterocycles. The van der Waals surface area contributed by atoms with Crippen molar-refractivity contribution in [1.29, 1.82) is 0 Å². The van der Waals surface area contributed by atoms with Crippen LogP contribution in [0.2, 0.25) is 0 Å². The zero-order valence-corrected chi connectivity index (χ0v) is 57.4. The van der Waals surface area contributed by atoms with E-state index in [2.05, 4.69) is 59.1 Å². The summed E-state index contributed by atoms with van der Waals surface area (Å²) >= 11 is 0. The average Bonchev–Trinajstić information content (AvgIpc) is 3.49. The maximum Gasteiger partial charge on any atom is 0.0110 e. The Morgan fingerprint density at radius 2 is 0.296 bits per heavy atom. The Labute approximate surface area is 514 Å². The second-order valence-electron chi connectivity index (χ2n) is 27.2. The minimum Gasteiger partial charge on any atom is -0.302 e. The minimum atomic E-state index is 1.27. The number of piperazine rings is 1. The Hall–Kier alpha value is -0.200. The topological polar surface area (TPSA) is 16.2 Å². The van der Waals surface area contributed by atoms with Gasteiger partial charge in [-0.15, -0.1) is 0 Å². The van der Waals surface area contributed by atoms with E-state index < -0.39 is 0 Å². The van der Waals surface area contributed by atoms with Crippen molar-refractivity contribution in [2.24, 2.45) is 0 Å². The van der Waals surface area contributed by atoms with Gasteiger partial charge in [-0.2, -0.15) is 0 Å². The molecule has 5 nitrogen and oxygen atoms in total. The zero-order chi connectivity index (χ0) is 58.1. The molecular weight excluding hydrogens is 983 g/mol. The van der Waals surface area contributed by atoms with Crippen molar-refractivity contribution in [3.8, 4) is 0 Å². The van der Waals surface area contributed by atoms with Gasteiger partial charge in [-0.05, 0) is 64.8 Å². The van der Waals surface area contributed by atoms with E-state index in [1.807, 2.05) is 0 Å². The highest BCUT2D eigenvalue weighted by Gasteiger charge is 2.19. The summed E-state index contributed by atoms with van der Waals surface area (Å²) in [5.74, 6) is 0. The van der Waals surface area contributed by atoms with Crippen LogP contribution in [0.25, 0.3) is 0 Å². The highest BCUT2D eigenvalue weighted by atomic mass is 15.3. The molecule has 1 rings (SSSR count). The first kappa shape index (κ1) is 78.8. The maximum absolute atomic E-state index is 2.94. The molecule has 1 heterocycles. The van der Waals surface area contributed by atoms with Gasteiger partial charge in [0.25, 0.3) is 0 Å². The highest BCUT2D eigenvalue weighted by Crippen LogP contribution is 2.18. The van der Waals surface area contributed by atoms with Crippen LogP contribution in [0.4, 0.5) is 0 Å². The van der Waals surface area contributed by atoms with E-state index in [4.69, 9.17) is 0 Å². The van der Waals surface area contributed by atoms with E-state index in [1.54, 1.807) is 0 Å². The zero-order valence-electron chi connectivity index (χ0n) is 57.4. The molecule has 0 unspecified atom stereocenters. The summed E-state index contributed by atoms with van der Waals surface area (Å²) in [5, 5.41) is 0. The van der Waals surface area contributed by atoms with Gasteiger partial charge in [0, 0.05) is 65.4 Å². The molecule has 0 spiro atoms. The lowest BCUT2D eigenvalue weighted by Crippen LogP contribution is -2.50. The third kappa shape index (κ3) is 58.6. The SMILES string of the molecule is CCCCCCCCCCCCCCN(CCCCCCCCCCCCCC)CCN(CCCCCCCCCCCCCC)CCN1CCN(CCN(CCCCCCCCCCCC)CCCCCCCCCCCC)CC1. The van der Waals surface area contributed by atoms with Crippen molar-refractivity contribution in [1.82, 2.24) is 24.5 Å². The summed E-state index contributed by atoms with van der Waals surface area (Å²) < 4.78 is 0. The van der Waals surface area contributed by atoms with E-state index in [0.29, 0.717) is 0 Å². The second-order valence-corrected chi connectivity index (χ2v) is 27.2. The molecular formula is C76H157N5. The van der Waals surface area contributed by atoms with Gasteiger partial charge in [-0.1, -0.05) is 362 Å². The fourth-order valence-corrected chi connectivity index (χ4v) is 13.3. The number of hydrogen-bond acceptors (Lipinski definition) is 5. The standard InChI is InChI=1S/C76H157N5/c1-6-11-16-21-26-31-36-39-44-49-54-57-62-77(63-58-55-50-45-40-37-32-27-22-17-12-7-2)67-69-79(66-61-56-51-46-41-38-33-28-23-18-13-8-3)70-72-81-75-73-80(74-76-81)71-68-78(64-59-52-47-42-34-29-24-19-14-9-4)65-60-53-48-43-35-30-25-20-15-10-5/h6-76H2,1-5H3. The molecule has 0 bridgehead atoms. The molecule has 0 saturated carbocycles. The van der Waals surface area contributed by atoms with Crippen LogP contribution in [0.15, 0.2) is 0 Å². The van der Waals surface area contributed by atoms with Gasteiger partial charge in [0.2, 0.25) is 0 Å². The number of rotatable bonds is 70. The van der Waals surface area contributed by atoms with Gasteiger partial charge in [0.05, 0.1) is 0 Å². The minimum absolute atomic E-state index is 1.27. The van der Waals surface area contributed by atoms with Gasteiger partial charge in [-0.3, -0.25) is 9.80 Å². The van der Waals surface area contributed by atoms with E-state index in [0.717, 1.165) is 0 Å². The van der Waals surface area contributed by atoms with Crippen molar-refractivity contribution in [2.45, 2.75) is 394 Å². The lowest BCUT2D eigenvalue weighted by atomic mass is 10.0. The van der Waals surface area contributed by atoms with Crippen LogP contribution >= 0.6 is 0 Å². The molecule has 1 saturated heterocycles. The van der Waals surface area contributed by atoms with E-state index in [9.17, 15) is 0 Å². The van der Waals surface area contributed by atoms with Crippen LogP contribution < -0.4 is 0 Å². The Balaban J connectivity index is 2.76. The van der Waals surface area contributed by atoms with Crippen molar-refractivity contribution >= 4 is 0 Å². The molecule has 0 N–H and O–H groups in total. The van der Waals surface area contributed by atoms with Crippen LogP contribution in [0.1, 0.15) is 394 Å². The molecule has 0 aromatic heterocycles. The first-order chi connectivity index (χ1) is 40.2. The molecule has 0 atom stereocenters. The van der Waals surface area contributed by atoms with Crippen molar-refractivity contribution < 1.29 is 0 Å². The molecule has 0 amide bonds. The molecule has 0 aromatic carbocycles. The average molecular weight is 1140 g/mol. The van der Waals surface area contributed by atoms with Gasteiger partial charge in [0.1, 0.15) is 0 Å². The quantitative estimate of drug-likeness (QED) is 0.0563. The van der Waals surface area contributed by atoms with Gasteiger partial charge in [0.15, 0.2) is 0 Å². The Morgan fingerprint density at radius 3 is 0.469 bits per heavy atom. The molecule has 1 aliphatic rings. The summed E-state index contributed by atoms with van der Waals surface area (Å²) in [4.78, 5) is 14.5. The summed E-state index contributed by atoms with van der Waals surface area (Å²) in [6.45, 7) is 31.1. The summed E-state index contributed by atoms with van der Waals surface area (Å²) in [6.07, 6.45) is 80.9. The predicted molar refractivity (Wildman–Crippen MR) is 369 cm³/mol. The van der Waals surface area contributed by atoms with Crippen LogP contribution in [-0.4, -0.2) is 123 Å². The fourth-order valence-electron chi connectivity index (χ4n) is 13.3. The molecule has 0 aromatic rings. The monoisotopic (exact) mass is 1140 g/mol. The maximum atomic E-state index is 2.94. The molecule has 0 aliphatic carbocycles. The van der Waals surface area contributed by atoms with Crippen LogP contribution in [0.5, 0.6) is 0 Å². The summed E-state index contributed by atoms with van der Waals surface area (Å²) in [7, 11) is 0. The molecule has 1 fully saturated rings. The molecule has 0 radical (unpaired) electrons. The molecule has 486 valence electrons. The van der Waals surface area contributed by atoms with Crippen LogP contribution in [-0.2, 0) is 0 Å². The van der Waals surface area contributed by atoms with Crippen LogP contribution in [0.3, 0.4) is 0 Å². The first-order valence-electron chi connectivity index (χ1n) is 38.8. The fraction of sp³-hybridized carbons (Fsp3) is 1.00. The largest absolute Gasteiger partial charge is 0.302 e. The lowest BCUT2D eigenvalue weighted by molar-refractivity contribution is 0.104. The van der Waals surface area contributed by atoms with E-state index in [-0.39, 0.29) is 0 Å². The second kappa shape index (κ2) is 67.3. The van der Waals surface area contributed by atoms with Crippen molar-refractivity contribution in [3.05, 3.63) is 0 Å². The van der Waals surface area contributed by atoms with Gasteiger partial charge >= 0.3 is 0 Å². The smallest absolute Gasteiger partial charge is 0.0110 e. The summed E-state index contributed by atoms with van der Waals surface area (Å²) in [6, 6.07) is 0. The normalized spacial score (nSPS) is 13.6. The van der Waals surface area contributed by atoms with E-state index >= 15 is 0 Å². The lowest BCUT2D eigenvalue weighted by Gasteiger charge is -2.37. The van der Waals surface area contributed by atoms with Gasteiger partial charge in [-0.25, -0.2) is 0 Å². The van der Waals surface area contributed by atoms with Crippen LogP contribution in [0, 0.1) is 0 Å². The Kier molecular flexibility index (Phi) is 65.5. The molecule has 5 heteroatoms. The third-order valence-corrected chi connectivity index (χ3v) is 19.3. The Bertz CT molecular complexity index is 1070. The Morgan fingerprint density at radius 1 is 0.160 bits per heavy atom. The predicted octanol–water partition coefficient (Wildman–Crippen LogP) is 23.5. The first-order valence-corrected chi connectivity index (χ1v) is 38.8. The molecule has 81 heavy (non-hydrogen) atoms. The van der Waals surface area contributed by atoms with E-state index in [1.165, 1.54) is 458 Å². The highest BCUT2D eigenvalue weighted by molar-refractivity contribution is 4.76. The van der Waals surface area contributed by atoms with Crippen molar-refractivity contribution in [2.75, 3.05) is 98.2 Å². The summed E-state index contributed by atoms with van der Waals surface area (Å²) in [5.41, 5.74) is 0. The number of unbranched alkanes of at least 4 members (excludes halogenated alkanes) is 51. The van der Waals surface area contributed by atoms with Crippen molar-refractivity contribution in [3.63, 3.8) is 0 Å². The van der Waals surface area contributed by atoms with Gasteiger partial charge < -0.3 is 14.7 Å². The third-order valence-electron chi connectivity index (χ3n) is 19.3.